The Kier molecular flexibility index (Phi) is 4.30. The van der Waals surface area contributed by atoms with Crippen LogP contribution in [0.15, 0.2) is 18.6 Å². The number of nitrogens with one attached hydrogen (secondary N) is 1. The SMILES string of the molecule is Nc1nccnc1-n1cc(C(=O)NCC23CC4CC(CC(C4)C2)C3)c(C(F)(F)F)n1. The largest absolute Gasteiger partial charge is 0.435 e. The standard InChI is InChI=1S/C20H23F3N6O/c21-20(22,23)15-14(9-29(28-15)17-16(24)25-1-2-26-17)18(30)27-10-19-6-11-3-12(7-19)5-13(4-11)8-19/h1-2,9,11-13H,3-8,10H2,(H2,24,25)(H,27,30). The molecule has 0 aliphatic heterocycles. The average molecular weight is 420 g/mol. The maximum atomic E-state index is 13.6. The van der Waals surface area contributed by atoms with Gasteiger partial charge in [0.25, 0.3) is 5.91 Å². The number of aromatic nitrogens is 4. The fourth-order valence-electron chi connectivity index (χ4n) is 6.25. The van der Waals surface area contributed by atoms with E-state index in [1.807, 2.05) is 0 Å². The van der Waals surface area contributed by atoms with Crippen molar-refractivity contribution >= 4 is 11.7 Å². The maximum absolute atomic E-state index is 13.6. The molecule has 4 bridgehead atoms. The third-order valence-corrected chi connectivity index (χ3v) is 6.94. The normalized spacial score (nSPS) is 29.9. The van der Waals surface area contributed by atoms with Crippen LogP contribution in [-0.2, 0) is 6.18 Å². The van der Waals surface area contributed by atoms with Gasteiger partial charge in [0.05, 0.1) is 5.56 Å². The second-order valence-electron chi connectivity index (χ2n) is 9.20. The second-order valence-corrected chi connectivity index (χ2v) is 9.20. The van der Waals surface area contributed by atoms with E-state index >= 15 is 0 Å². The van der Waals surface area contributed by atoms with E-state index < -0.39 is 23.3 Å². The molecule has 0 radical (unpaired) electrons. The molecule has 160 valence electrons. The zero-order valence-electron chi connectivity index (χ0n) is 16.3. The number of nitrogens with two attached hydrogens (primary N) is 1. The van der Waals surface area contributed by atoms with Crippen LogP contribution < -0.4 is 11.1 Å². The molecule has 4 aliphatic rings. The molecule has 0 atom stereocenters. The van der Waals surface area contributed by atoms with Crippen LogP contribution in [0.1, 0.15) is 54.6 Å². The molecule has 2 aromatic heterocycles. The van der Waals surface area contributed by atoms with E-state index in [1.165, 1.54) is 31.7 Å². The molecular formula is C20H23F3N6O. The van der Waals surface area contributed by atoms with Crippen LogP contribution in [-0.4, -0.2) is 32.2 Å². The van der Waals surface area contributed by atoms with Crippen LogP contribution in [0.25, 0.3) is 5.82 Å². The van der Waals surface area contributed by atoms with Gasteiger partial charge >= 0.3 is 6.18 Å². The summed E-state index contributed by atoms with van der Waals surface area (Å²) in [6.07, 6.45) is 5.82. The summed E-state index contributed by atoms with van der Waals surface area (Å²) in [5.41, 5.74) is 3.95. The molecule has 0 spiro atoms. The molecule has 0 unspecified atom stereocenters. The number of rotatable bonds is 4. The molecule has 2 heterocycles. The number of halogens is 3. The Labute approximate surface area is 171 Å². The van der Waals surface area contributed by atoms with Gasteiger partial charge in [0.2, 0.25) is 0 Å². The van der Waals surface area contributed by atoms with E-state index in [2.05, 4.69) is 20.4 Å². The van der Waals surface area contributed by atoms with Gasteiger partial charge in [0, 0.05) is 25.1 Å². The Balaban J connectivity index is 1.39. The highest BCUT2D eigenvalue weighted by atomic mass is 19.4. The Morgan fingerprint density at radius 3 is 2.30 bits per heavy atom. The van der Waals surface area contributed by atoms with Crippen LogP contribution >= 0.6 is 0 Å². The Morgan fingerprint density at radius 2 is 1.73 bits per heavy atom. The first-order chi connectivity index (χ1) is 14.2. The lowest BCUT2D eigenvalue weighted by atomic mass is 9.49. The van der Waals surface area contributed by atoms with Crippen molar-refractivity contribution in [1.29, 1.82) is 0 Å². The van der Waals surface area contributed by atoms with Gasteiger partial charge in [-0.05, 0) is 61.7 Å². The minimum Gasteiger partial charge on any atom is -0.381 e. The number of amides is 1. The molecular weight excluding hydrogens is 397 g/mol. The third-order valence-electron chi connectivity index (χ3n) is 6.94. The van der Waals surface area contributed by atoms with Crippen LogP contribution in [0.4, 0.5) is 19.0 Å². The first-order valence-electron chi connectivity index (χ1n) is 10.2. The van der Waals surface area contributed by atoms with Crippen molar-refractivity contribution in [3.05, 3.63) is 29.8 Å². The Hall–Kier alpha value is -2.65. The summed E-state index contributed by atoms with van der Waals surface area (Å²) in [4.78, 5) is 20.6. The van der Waals surface area contributed by atoms with Crippen LogP contribution in [0.3, 0.4) is 0 Å². The lowest BCUT2D eigenvalue weighted by Gasteiger charge is -2.56. The number of nitrogen functional groups attached to an aromatic ring is 1. The van der Waals surface area contributed by atoms with Crippen molar-refractivity contribution < 1.29 is 18.0 Å². The number of anilines is 1. The summed E-state index contributed by atoms with van der Waals surface area (Å²) >= 11 is 0. The predicted octanol–water partition coefficient (Wildman–Crippen LogP) is 3.21. The molecule has 3 N–H and O–H groups in total. The molecule has 7 nitrogen and oxygen atoms in total. The van der Waals surface area contributed by atoms with Crippen molar-refractivity contribution in [2.75, 3.05) is 12.3 Å². The second kappa shape index (κ2) is 6.68. The van der Waals surface area contributed by atoms with E-state index in [4.69, 9.17) is 5.73 Å². The molecule has 0 aromatic carbocycles. The molecule has 4 saturated carbocycles. The summed E-state index contributed by atoms with van der Waals surface area (Å²) in [5, 5.41) is 6.34. The summed E-state index contributed by atoms with van der Waals surface area (Å²) < 4.78 is 41.6. The van der Waals surface area contributed by atoms with Gasteiger partial charge in [-0.2, -0.15) is 18.3 Å². The molecule has 1 amide bonds. The van der Waals surface area contributed by atoms with Crippen molar-refractivity contribution in [3.63, 3.8) is 0 Å². The Bertz CT molecular complexity index is 950. The fourth-order valence-corrected chi connectivity index (χ4v) is 6.25. The van der Waals surface area contributed by atoms with E-state index in [0.717, 1.165) is 30.1 Å². The van der Waals surface area contributed by atoms with E-state index in [9.17, 15) is 18.0 Å². The first-order valence-corrected chi connectivity index (χ1v) is 10.2. The molecule has 30 heavy (non-hydrogen) atoms. The number of hydrogen-bond donors (Lipinski definition) is 2. The first kappa shape index (κ1) is 19.3. The quantitative estimate of drug-likeness (QED) is 0.791. The lowest BCUT2D eigenvalue weighted by molar-refractivity contribution is -0.141. The molecule has 4 fully saturated rings. The summed E-state index contributed by atoms with van der Waals surface area (Å²) in [6.45, 7) is 0.408. The third kappa shape index (κ3) is 3.31. The van der Waals surface area contributed by atoms with Crippen molar-refractivity contribution in [3.8, 4) is 5.82 Å². The van der Waals surface area contributed by atoms with Gasteiger partial charge in [-0.25, -0.2) is 14.6 Å². The van der Waals surface area contributed by atoms with E-state index in [1.54, 1.807) is 0 Å². The highest BCUT2D eigenvalue weighted by molar-refractivity contribution is 5.95. The van der Waals surface area contributed by atoms with E-state index in [0.29, 0.717) is 24.3 Å². The smallest absolute Gasteiger partial charge is 0.381 e. The Morgan fingerprint density at radius 1 is 1.13 bits per heavy atom. The fraction of sp³-hybridized carbons (Fsp3) is 0.600. The van der Waals surface area contributed by atoms with Crippen LogP contribution in [0.2, 0.25) is 0 Å². The van der Waals surface area contributed by atoms with Crippen LogP contribution in [0.5, 0.6) is 0 Å². The molecule has 2 aromatic rings. The van der Waals surface area contributed by atoms with Gasteiger partial charge in [-0.1, -0.05) is 0 Å². The number of carbonyl (C=O) groups is 1. The van der Waals surface area contributed by atoms with Crippen LogP contribution in [0, 0.1) is 23.2 Å². The molecule has 6 rings (SSSR count). The lowest BCUT2D eigenvalue weighted by Crippen LogP contribution is -2.51. The van der Waals surface area contributed by atoms with Gasteiger partial charge in [-0.15, -0.1) is 0 Å². The number of alkyl halides is 3. The molecule has 10 heteroatoms. The monoisotopic (exact) mass is 420 g/mol. The van der Waals surface area contributed by atoms with Gasteiger partial charge in [0.15, 0.2) is 17.3 Å². The average Bonchev–Trinajstić information content (AvgIpc) is 3.11. The highest BCUT2D eigenvalue weighted by Gasteiger charge is 2.51. The molecule has 4 aliphatic carbocycles. The zero-order valence-corrected chi connectivity index (χ0v) is 16.3. The zero-order chi connectivity index (χ0) is 21.1. The van der Waals surface area contributed by atoms with Gasteiger partial charge in [-0.3, -0.25) is 4.79 Å². The van der Waals surface area contributed by atoms with Crippen molar-refractivity contribution in [2.45, 2.75) is 44.7 Å². The topological polar surface area (TPSA) is 98.7 Å². The molecule has 0 saturated heterocycles. The maximum Gasteiger partial charge on any atom is 0.435 e. The van der Waals surface area contributed by atoms with Gasteiger partial charge < -0.3 is 11.1 Å². The predicted molar refractivity (Wildman–Crippen MR) is 102 cm³/mol. The minimum atomic E-state index is -4.78. The number of carbonyl (C=O) groups excluding carboxylic acids is 1. The summed E-state index contributed by atoms with van der Waals surface area (Å²) in [5.74, 6) is 1.19. The number of nitrogens with zero attached hydrogens (tertiary/aromatic N) is 4. The summed E-state index contributed by atoms with van der Waals surface area (Å²) in [7, 11) is 0. The minimum absolute atomic E-state index is 0.0220. The van der Waals surface area contributed by atoms with Gasteiger partial charge in [0.1, 0.15) is 0 Å². The van der Waals surface area contributed by atoms with E-state index in [-0.39, 0.29) is 17.1 Å². The summed E-state index contributed by atoms with van der Waals surface area (Å²) in [6, 6.07) is 0. The van der Waals surface area contributed by atoms with Crippen molar-refractivity contribution in [2.24, 2.45) is 23.2 Å². The van der Waals surface area contributed by atoms with Crippen molar-refractivity contribution in [1.82, 2.24) is 25.1 Å². The highest BCUT2D eigenvalue weighted by Crippen LogP contribution is 2.59. The number of hydrogen-bond acceptors (Lipinski definition) is 5.